The van der Waals surface area contributed by atoms with Gasteiger partial charge >= 0.3 is 6.18 Å². The van der Waals surface area contributed by atoms with Gasteiger partial charge in [-0.2, -0.15) is 18.3 Å². The van der Waals surface area contributed by atoms with E-state index in [9.17, 15) is 26.0 Å². The molecule has 0 aliphatic rings. The molecule has 0 spiro atoms. The van der Waals surface area contributed by atoms with Crippen LogP contribution in [0.15, 0.2) is 59.8 Å². The Morgan fingerprint density at radius 1 is 1.10 bits per heavy atom. The molecule has 4 aromatic rings. The fourth-order valence-electron chi connectivity index (χ4n) is 2.99. The van der Waals surface area contributed by atoms with Crippen LogP contribution >= 0.6 is 0 Å². The van der Waals surface area contributed by atoms with Crippen molar-refractivity contribution in [2.24, 2.45) is 0 Å². The van der Waals surface area contributed by atoms with E-state index in [2.05, 4.69) is 15.1 Å². The number of alkyl halides is 3. The minimum atomic E-state index is -4.65. The highest BCUT2D eigenvalue weighted by Crippen LogP contribution is 2.30. The maximum absolute atomic E-state index is 13.6. The number of fused-ring (bicyclic) bond motifs is 1. The second kappa shape index (κ2) is 7.41. The van der Waals surface area contributed by atoms with Gasteiger partial charge in [-0.3, -0.25) is 4.98 Å². The summed E-state index contributed by atoms with van der Waals surface area (Å²) >= 11 is 0. The first-order valence-electron chi connectivity index (χ1n) is 9.01. The number of sulfone groups is 1. The molecule has 160 valence electrons. The van der Waals surface area contributed by atoms with Crippen LogP contribution in [-0.2, 0) is 16.0 Å². The summed E-state index contributed by atoms with van der Waals surface area (Å²) in [6, 6.07) is 9.11. The summed E-state index contributed by atoms with van der Waals surface area (Å²) in [5, 5.41) is 4.36. The molecule has 0 atom stereocenters. The molecule has 31 heavy (non-hydrogen) atoms. The van der Waals surface area contributed by atoms with E-state index in [1.807, 2.05) is 0 Å². The summed E-state index contributed by atoms with van der Waals surface area (Å²) in [4.78, 5) is 7.59. The lowest BCUT2D eigenvalue weighted by atomic mass is 10.1. The van der Waals surface area contributed by atoms with Gasteiger partial charge in [-0.1, -0.05) is 19.1 Å². The van der Waals surface area contributed by atoms with Gasteiger partial charge in [-0.25, -0.2) is 22.5 Å². The number of benzene rings is 1. The van der Waals surface area contributed by atoms with Crippen molar-refractivity contribution in [2.45, 2.75) is 18.0 Å². The molecule has 0 amide bonds. The monoisotopic (exact) mass is 450 g/mol. The van der Waals surface area contributed by atoms with E-state index < -0.39 is 27.5 Å². The van der Waals surface area contributed by atoms with Crippen LogP contribution in [0.4, 0.5) is 17.6 Å². The van der Waals surface area contributed by atoms with Gasteiger partial charge in [-0.15, -0.1) is 0 Å². The molecule has 0 radical (unpaired) electrons. The molecular formula is C20H14F4N4O2S. The molecule has 0 aliphatic heterocycles. The summed E-state index contributed by atoms with van der Waals surface area (Å²) in [5.74, 6) is -0.822. The highest BCUT2D eigenvalue weighted by molar-refractivity contribution is 7.91. The number of nitrogens with zero attached hydrogens (tertiary/aromatic N) is 4. The average Bonchev–Trinajstić information content (AvgIpc) is 3.16. The predicted octanol–water partition coefficient (Wildman–Crippen LogP) is 4.43. The molecule has 0 saturated heterocycles. The fourth-order valence-corrected chi connectivity index (χ4v) is 3.99. The zero-order valence-corrected chi connectivity index (χ0v) is 16.7. The third kappa shape index (κ3) is 4.00. The third-order valence-electron chi connectivity index (χ3n) is 4.57. The Labute approximate surface area is 174 Å². The van der Waals surface area contributed by atoms with Crippen molar-refractivity contribution < 1.29 is 26.0 Å². The van der Waals surface area contributed by atoms with E-state index >= 15 is 0 Å². The summed E-state index contributed by atoms with van der Waals surface area (Å²) in [5.41, 5.74) is -0.467. The molecule has 0 aliphatic carbocycles. The first kappa shape index (κ1) is 20.9. The Bertz CT molecular complexity index is 1400. The minimum Gasteiger partial charge on any atom is -0.251 e. The number of pyridine rings is 2. The summed E-state index contributed by atoms with van der Waals surface area (Å²) in [6.45, 7) is 1.46. The van der Waals surface area contributed by atoms with Crippen LogP contribution in [0.1, 0.15) is 12.6 Å². The van der Waals surface area contributed by atoms with Crippen LogP contribution < -0.4 is 0 Å². The van der Waals surface area contributed by atoms with Crippen LogP contribution in [0, 0.1) is 5.82 Å². The molecule has 3 aromatic heterocycles. The second-order valence-electron chi connectivity index (χ2n) is 6.63. The number of aromatic nitrogens is 4. The average molecular weight is 450 g/mol. The predicted molar refractivity (Wildman–Crippen MR) is 105 cm³/mol. The zero-order valence-electron chi connectivity index (χ0n) is 15.9. The van der Waals surface area contributed by atoms with Crippen LogP contribution in [0.2, 0.25) is 0 Å². The Kier molecular flexibility index (Phi) is 5.00. The number of rotatable bonds is 4. The number of hydrogen-bond acceptors (Lipinski definition) is 5. The molecule has 0 fully saturated rings. The molecule has 4 rings (SSSR count). The van der Waals surface area contributed by atoms with Gasteiger partial charge in [0.2, 0.25) is 0 Å². The Morgan fingerprint density at radius 2 is 1.87 bits per heavy atom. The van der Waals surface area contributed by atoms with Crippen molar-refractivity contribution in [1.29, 1.82) is 0 Å². The number of hydrogen-bond donors (Lipinski definition) is 0. The van der Waals surface area contributed by atoms with E-state index in [4.69, 9.17) is 0 Å². The molecule has 0 saturated carbocycles. The van der Waals surface area contributed by atoms with Gasteiger partial charge in [0.1, 0.15) is 16.4 Å². The molecule has 0 unspecified atom stereocenters. The molecule has 1 aromatic carbocycles. The topological polar surface area (TPSA) is 77.7 Å². The van der Waals surface area contributed by atoms with E-state index in [0.29, 0.717) is 5.56 Å². The molecule has 6 nitrogen and oxygen atoms in total. The lowest BCUT2D eigenvalue weighted by Crippen LogP contribution is -2.11. The summed E-state index contributed by atoms with van der Waals surface area (Å²) in [6.07, 6.45) is -2.30. The molecule has 0 N–H and O–H groups in total. The van der Waals surface area contributed by atoms with Crippen LogP contribution in [0.3, 0.4) is 0 Å². The Balaban J connectivity index is 1.93. The lowest BCUT2D eigenvalue weighted by Gasteiger charge is -2.11. The third-order valence-corrected chi connectivity index (χ3v) is 6.32. The molecular weight excluding hydrogens is 436 g/mol. The van der Waals surface area contributed by atoms with Crippen molar-refractivity contribution in [3.8, 4) is 17.1 Å². The SMILES string of the molecule is CCS(=O)(=O)c1ccc(-c2cccc(F)c2)nc1-n1cc2cnc(C(F)(F)F)cc2n1. The molecule has 3 heterocycles. The van der Waals surface area contributed by atoms with E-state index in [-0.39, 0.29) is 33.1 Å². The van der Waals surface area contributed by atoms with E-state index in [0.717, 1.165) is 16.9 Å². The smallest absolute Gasteiger partial charge is 0.251 e. The first-order valence-corrected chi connectivity index (χ1v) is 10.7. The van der Waals surface area contributed by atoms with Gasteiger partial charge in [0.25, 0.3) is 0 Å². The first-order chi connectivity index (χ1) is 14.6. The van der Waals surface area contributed by atoms with Gasteiger partial charge in [-0.05, 0) is 30.3 Å². The quantitative estimate of drug-likeness (QED) is 0.430. The van der Waals surface area contributed by atoms with Crippen LogP contribution in [0.25, 0.3) is 28.0 Å². The van der Waals surface area contributed by atoms with Crippen LogP contribution in [-0.4, -0.2) is 33.9 Å². The van der Waals surface area contributed by atoms with Crippen molar-refractivity contribution in [3.05, 3.63) is 66.4 Å². The lowest BCUT2D eigenvalue weighted by molar-refractivity contribution is -0.141. The number of halogens is 4. The second-order valence-corrected chi connectivity index (χ2v) is 8.88. The highest BCUT2D eigenvalue weighted by atomic mass is 32.2. The van der Waals surface area contributed by atoms with E-state index in [1.54, 1.807) is 6.07 Å². The Hall–Kier alpha value is -3.34. The maximum Gasteiger partial charge on any atom is 0.433 e. The maximum atomic E-state index is 13.6. The van der Waals surface area contributed by atoms with Crippen LogP contribution in [0.5, 0.6) is 0 Å². The van der Waals surface area contributed by atoms with Crippen molar-refractivity contribution in [1.82, 2.24) is 19.7 Å². The highest BCUT2D eigenvalue weighted by Gasteiger charge is 2.33. The molecule has 0 bridgehead atoms. The Morgan fingerprint density at radius 3 is 2.55 bits per heavy atom. The minimum absolute atomic E-state index is 0.0277. The summed E-state index contributed by atoms with van der Waals surface area (Å²) in [7, 11) is -3.75. The zero-order chi connectivity index (χ0) is 22.4. The van der Waals surface area contributed by atoms with Crippen molar-refractivity contribution in [2.75, 3.05) is 5.75 Å². The fraction of sp³-hybridized carbons (Fsp3) is 0.150. The normalized spacial score (nSPS) is 12.4. The molecule has 11 heteroatoms. The van der Waals surface area contributed by atoms with Crippen molar-refractivity contribution in [3.63, 3.8) is 0 Å². The van der Waals surface area contributed by atoms with Gasteiger partial charge in [0.15, 0.2) is 15.7 Å². The van der Waals surface area contributed by atoms with Gasteiger partial charge in [0, 0.05) is 23.3 Å². The summed E-state index contributed by atoms with van der Waals surface area (Å²) < 4.78 is 78.8. The van der Waals surface area contributed by atoms with E-state index in [1.165, 1.54) is 43.5 Å². The van der Waals surface area contributed by atoms with Crippen molar-refractivity contribution >= 4 is 20.7 Å². The largest absolute Gasteiger partial charge is 0.433 e. The standard InChI is InChI=1S/C20H14F4N4O2S/c1-2-31(29,30)17-7-6-15(12-4-3-5-14(21)8-12)26-19(17)28-11-13-10-25-18(20(22,23)24)9-16(13)27-28/h3-11H,2H2,1H3. The van der Waals surface area contributed by atoms with Gasteiger partial charge in [0.05, 0.1) is 17.0 Å². The van der Waals surface area contributed by atoms with Gasteiger partial charge < -0.3 is 0 Å².